The van der Waals surface area contributed by atoms with E-state index in [1.807, 2.05) is 24.3 Å². The molecule has 1 aromatic carbocycles. The predicted octanol–water partition coefficient (Wildman–Crippen LogP) is 2.90. The fraction of sp³-hybridized carbons (Fsp3) is 0.529. The molecule has 0 aliphatic rings. The van der Waals surface area contributed by atoms with Crippen molar-refractivity contribution < 1.29 is 23.8 Å². The van der Waals surface area contributed by atoms with E-state index >= 15 is 0 Å². The van der Waals surface area contributed by atoms with E-state index < -0.39 is 0 Å². The molecular formula is C17H24O5. The molecule has 122 valence electrons. The number of esters is 2. The van der Waals surface area contributed by atoms with Gasteiger partial charge in [0.15, 0.2) is 0 Å². The number of carbonyl (C=O) groups is 2. The summed E-state index contributed by atoms with van der Waals surface area (Å²) in [4.78, 5) is 21.7. The molecule has 1 rings (SSSR count). The standard InChI is InChI=1S/C17H24O5/c1-14(18)21-11-4-3-5-12-22-16-8-6-7-15(13-16)9-10-17(19)20-2/h6-8,13H,3-5,9-12H2,1-2H3. The molecular weight excluding hydrogens is 284 g/mol. The van der Waals surface area contributed by atoms with Crippen molar-refractivity contribution in [2.75, 3.05) is 20.3 Å². The van der Waals surface area contributed by atoms with Crippen LogP contribution in [0.25, 0.3) is 0 Å². The second-order valence-corrected chi connectivity index (χ2v) is 4.97. The van der Waals surface area contributed by atoms with Crippen LogP contribution in [0.3, 0.4) is 0 Å². The number of carbonyl (C=O) groups excluding carboxylic acids is 2. The summed E-state index contributed by atoms with van der Waals surface area (Å²) < 4.78 is 15.2. The molecule has 0 aliphatic heterocycles. The Labute approximate surface area is 131 Å². The number of rotatable bonds is 10. The van der Waals surface area contributed by atoms with Crippen molar-refractivity contribution in [1.29, 1.82) is 0 Å². The van der Waals surface area contributed by atoms with Crippen molar-refractivity contribution in [3.63, 3.8) is 0 Å². The van der Waals surface area contributed by atoms with E-state index in [1.54, 1.807) is 0 Å². The lowest BCUT2D eigenvalue weighted by atomic mass is 10.1. The lowest BCUT2D eigenvalue weighted by molar-refractivity contribution is -0.141. The van der Waals surface area contributed by atoms with E-state index in [2.05, 4.69) is 4.74 Å². The minimum atomic E-state index is -0.236. The van der Waals surface area contributed by atoms with Crippen LogP contribution in [-0.2, 0) is 25.5 Å². The Morgan fingerprint density at radius 2 is 1.86 bits per heavy atom. The Hall–Kier alpha value is -2.04. The van der Waals surface area contributed by atoms with Crippen LogP contribution in [0.1, 0.15) is 38.2 Å². The summed E-state index contributed by atoms with van der Waals surface area (Å²) >= 11 is 0. The number of aryl methyl sites for hydroxylation is 1. The van der Waals surface area contributed by atoms with E-state index in [1.165, 1.54) is 14.0 Å². The first-order valence-electron chi connectivity index (χ1n) is 7.53. The summed E-state index contributed by atoms with van der Waals surface area (Å²) in [5.74, 6) is 0.362. The fourth-order valence-corrected chi connectivity index (χ4v) is 1.93. The number of ether oxygens (including phenoxy) is 3. The maximum Gasteiger partial charge on any atom is 0.305 e. The lowest BCUT2D eigenvalue weighted by Crippen LogP contribution is -2.03. The van der Waals surface area contributed by atoms with Crippen molar-refractivity contribution in [1.82, 2.24) is 0 Å². The van der Waals surface area contributed by atoms with Crippen molar-refractivity contribution in [3.8, 4) is 5.75 Å². The topological polar surface area (TPSA) is 61.8 Å². The minimum absolute atomic E-state index is 0.209. The van der Waals surface area contributed by atoms with Crippen molar-refractivity contribution in [2.45, 2.75) is 39.0 Å². The van der Waals surface area contributed by atoms with E-state index in [4.69, 9.17) is 9.47 Å². The maximum atomic E-state index is 11.1. The summed E-state index contributed by atoms with van der Waals surface area (Å²) in [6.45, 7) is 2.51. The maximum absolute atomic E-state index is 11.1. The van der Waals surface area contributed by atoms with Gasteiger partial charge in [0.05, 0.1) is 20.3 Å². The van der Waals surface area contributed by atoms with Gasteiger partial charge in [0, 0.05) is 13.3 Å². The molecule has 1 aromatic rings. The van der Waals surface area contributed by atoms with Gasteiger partial charge in [-0.25, -0.2) is 0 Å². The lowest BCUT2D eigenvalue weighted by Gasteiger charge is -2.08. The van der Waals surface area contributed by atoms with Gasteiger partial charge in [-0.2, -0.15) is 0 Å². The Balaban J connectivity index is 2.20. The number of benzene rings is 1. The first kappa shape index (κ1) is 18.0. The smallest absolute Gasteiger partial charge is 0.305 e. The molecule has 0 aliphatic carbocycles. The number of unbranched alkanes of at least 4 members (excludes halogenated alkanes) is 2. The first-order valence-corrected chi connectivity index (χ1v) is 7.53. The van der Waals surface area contributed by atoms with Crippen molar-refractivity contribution in [2.24, 2.45) is 0 Å². The van der Waals surface area contributed by atoms with Gasteiger partial charge in [0.1, 0.15) is 5.75 Å². The second kappa shape index (κ2) is 10.7. The van der Waals surface area contributed by atoms with E-state index in [-0.39, 0.29) is 11.9 Å². The van der Waals surface area contributed by atoms with Gasteiger partial charge in [0.2, 0.25) is 0 Å². The van der Waals surface area contributed by atoms with Gasteiger partial charge in [-0.3, -0.25) is 9.59 Å². The monoisotopic (exact) mass is 308 g/mol. The molecule has 0 N–H and O–H groups in total. The molecule has 0 saturated heterocycles. The predicted molar refractivity (Wildman–Crippen MR) is 82.8 cm³/mol. The summed E-state index contributed by atoms with van der Waals surface area (Å²) in [6.07, 6.45) is 3.73. The van der Waals surface area contributed by atoms with E-state index in [9.17, 15) is 9.59 Å². The molecule has 0 atom stereocenters. The Kier molecular flexibility index (Phi) is 8.72. The van der Waals surface area contributed by atoms with Crippen LogP contribution in [0.4, 0.5) is 0 Å². The average molecular weight is 308 g/mol. The molecule has 0 saturated carbocycles. The minimum Gasteiger partial charge on any atom is -0.494 e. The highest BCUT2D eigenvalue weighted by Gasteiger charge is 2.03. The van der Waals surface area contributed by atoms with Gasteiger partial charge >= 0.3 is 11.9 Å². The molecule has 0 spiro atoms. The van der Waals surface area contributed by atoms with Gasteiger partial charge in [-0.1, -0.05) is 12.1 Å². The van der Waals surface area contributed by atoms with Gasteiger partial charge in [0.25, 0.3) is 0 Å². The van der Waals surface area contributed by atoms with Crippen LogP contribution in [0.5, 0.6) is 5.75 Å². The molecule has 5 heteroatoms. The summed E-state index contributed by atoms with van der Waals surface area (Å²) in [5, 5.41) is 0. The van der Waals surface area contributed by atoms with Crippen LogP contribution < -0.4 is 4.74 Å². The van der Waals surface area contributed by atoms with Crippen LogP contribution >= 0.6 is 0 Å². The zero-order chi connectivity index (χ0) is 16.2. The SMILES string of the molecule is COC(=O)CCc1cccc(OCCCCCOC(C)=O)c1. The second-order valence-electron chi connectivity index (χ2n) is 4.97. The molecule has 0 fully saturated rings. The molecule has 22 heavy (non-hydrogen) atoms. The summed E-state index contributed by atoms with van der Waals surface area (Å²) in [7, 11) is 1.39. The Morgan fingerprint density at radius 1 is 1.09 bits per heavy atom. The first-order chi connectivity index (χ1) is 10.6. The van der Waals surface area contributed by atoms with E-state index in [0.717, 1.165) is 30.6 Å². The van der Waals surface area contributed by atoms with Crippen LogP contribution in [0.15, 0.2) is 24.3 Å². The van der Waals surface area contributed by atoms with Crippen molar-refractivity contribution >= 4 is 11.9 Å². The zero-order valence-electron chi connectivity index (χ0n) is 13.3. The third kappa shape index (κ3) is 8.29. The molecule has 0 aromatic heterocycles. The van der Waals surface area contributed by atoms with Crippen LogP contribution in [0.2, 0.25) is 0 Å². The molecule has 0 radical (unpaired) electrons. The highest BCUT2D eigenvalue weighted by atomic mass is 16.5. The van der Waals surface area contributed by atoms with Gasteiger partial charge < -0.3 is 14.2 Å². The third-order valence-corrected chi connectivity index (χ3v) is 3.11. The molecule has 5 nitrogen and oxygen atoms in total. The van der Waals surface area contributed by atoms with Gasteiger partial charge in [-0.15, -0.1) is 0 Å². The number of methoxy groups -OCH3 is 1. The Morgan fingerprint density at radius 3 is 2.59 bits per heavy atom. The molecule has 0 unspecified atom stereocenters. The van der Waals surface area contributed by atoms with E-state index in [0.29, 0.717) is 26.1 Å². The largest absolute Gasteiger partial charge is 0.494 e. The van der Waals surface area contributed by atoms with Gasteiger partial charge in [-0.05, 0) is 43.4 Å². The molecule has 0 bridgehead atoms. The highest BCUT2D eigenvalue weighted by molar-refractivity contribution is 5.69. The van der Waals surface area contributed by atoms with Crippen LogP contribution in [-0.4, -0.2) is 32.3 Å². The molecule has 0 heterocycles. The van der Waals surface area contributed by atoms with Crippen molar-refractivity contribution in [3.05, 3.63) is 29.8 Å². The summed E-state index contributed by atoms with van der Waals surface area (Å²) in [6, 6.07) is 7.74. The van der Waals surface area contributed by atoms with Crippen LogP contribution in [0, 0.1) is 0 Å². The third-order valence-electron chi connectivity index (χ3n) is 3.11. The zero-order valence-corrected chi connectivity index (χ0v) is 13.3. The molecule has 0 amide bonds. The number of hydrogen-bond acceptors (Lipinski definition) is 5. The average Bonchev–Trinajstić information content (AvgIpc) is 2.51. The Bertz CT molecular complexity index is 470. The highest BCUT2D eigenvalue weighted by Crippen LogP contribution is 2.15. The number of hydrogen-bond donors (Lipinski definition) is 0. The fourth-order valence-electron chi connectivity index (χ4n) is 1.93. The normalized spacial score (nSPS) is 10.1. The summed E-state index contributed by atoms with van der Waals surface area (Å²) in [5.41, 5.74) is 1.05. The quantitative estimate of drug-likeness (QED) is 0.491.